The van der Waals surface area contributed by atoms with Crippen molar-refractivity contribution >= 4 is 23.2 Å². The van der Waals surface area contributed by atoms with Crippen LogP contribution in [0.5, 0.6) is 0 Å². The Kier molecular flexibility index (Phi) is 4.64. The zero-order valence-corrected chi connectivity index (χ0v) is 15.7. The van der Waals surface area contributed by atoms with Crippen molar-refractivity contribution in [3.63, 3.8) is 0 Å². The average molecular weight is 390 g/mol. The van der Waals surface area contributed by atoms with Crippen LogP contribution in [0.3, 0.4) is 0 Å². The standard InChI is InChI=1S/C23H19FN2O3/c1-15-6-4-9-18(12-15)25-21(27)14-26-20-11-3-2-10-19(20)23(29,22(26)28)16-7-5-8-17(24)13-16/h2-13,29H,14H2,1H3,(H,25,27)/t23-/m1/s1. The molecule has 0 fully saturated rings. The Hall–Kier alpha value is -3.51. The second-order valence-electron chi connectivity index (χ2n) is 7.05. The fraction of sp³-hybridized carbons (Fsp3) is 0.130. The van der Waals surface area contributed by atoms with E-state index in [2.05, 4.69) is 5.32 Å². The van der Waals surface area contributed by atoms with Crippen LogP contribution in [-0.4, -0.2) is 23.5 Å². The summed E-state index contributed by atoms with van der Waals surface area (Å²) >= 11 is 0. The Bertz CT molecular complexity index is 1110. The highest BCUT2D eigenvalue weighted by molar-refractivity contribution is 6.12. The molecule has 2 amide bonds. The normalized spacial score (nSPS) is 17.9. The van der Waals surface area contributed by atoms with Gasteiger partial charge in [0.05, 0.1) is 5.69 Å². The number of benzene rings is 3. The van der Waals surface area contributed by atoms with Crippen LogP contribution in [0.15, 0.2) is 72.8 Å². The first-order valence-corrected chi connectivity index (χ1v) is 9.16. The van der Waals surface area contributed by atoms with E-state index in [1.165, 1.54) is 23.1 Å². The van der Waals surface area contributed by atoms with E-state index in [9.17, 15) is 19.1 Å². The van der Waals surface area contributed by atoms with Crippen LogP contribution in [0.2, 0.25) is 0 Å². The third-order valence-electron chi connectivity index (χ3n) is 4.99. The predicted octanol–water partition coefficient (Wildman–Crippen LogP) is 3.36. The number of rotatable bonds is 4. The molecule has 3 aromatic rings. The van der Waals surface area contributed by atoms with E-state index < -0.39 is 23.2 Å². The minimum atomic E-state index is -2.05. The van der Waals surface area contributed by atoms with Crippen LogP contribution in [0.4, 0.5) is 15.8 Å². The molecule has 0 aromatic heterocycles. The molecule has 1 heterocycles. The molecule has 6 heteroatoms. The summed E-state index contributed by atoms with van der Waals surface area (Å²) in [7, 11) is 0. The number of hydrogen-bond donors (Lipinski definition) is 2. The number of para-hydroxylation sites is 1. The second kappa shape index (κ2) is 7.14. The monoisotopic (exact) mass is 390 g/mol. The number of fused-ring (bicyclic) bond motifs is 1. The molecule has 29 heavy (non-hydrogen) atoms. The highest BCUT2D eigenvalue weighted by atomic mass is 19.1. The van der Waals surface area contributed by atoms with Crippen LogP contribution in [-0.2, 0) is 15.2 Å². The van der Waals surface area contributed by atoms with Gasteiger partial charge in [0.1, 0.15) is 12.4 Å². The summed E-state index contributed by atoms with van der Waals surface area (Å²) in [6.07, 6.45) is 0. The van der Waals surface area contributed by atoms with Gasteiger partial charge in [0.2, 0.25) is 5.91 Å². The molecule has 0 saturated carbocycles. The van der Waals surface area contributed by atoms with Crippen LogP contribution in [0.25, 0.3) is 0 Å². The number of halogens is 1. The second-order valence-corrected chi connectivity index (χ2v) is 7.05. The van der Waals surface area contributed by atoms with Gasteiger partial charge in [-0.15, -0.1) is 0 Å². The number of aryl methyl sites for hydroxylation is 1. The molecule has 0 aliphatic carbocycles. The molecular weight excluding hydrogens is 371 g/mol. The lowest BCUT2D eigenvalue weighted by Crippen LogP contribution is -2.44. The SMILES string of the molecule is Cc1cccc(NC(=O)CN2C(=O)[C@@](O)(c3cccc(F)c3)c3ccccc32)c1. The molecule has 1 aliphatic rings. The third kappa shape index (κ3) is 3.28. The maximum atomic E-state index is 13.8. The summed E-state index contributed by atoms with van der Waals surface area (Å²) in [5, 5.41) is 14.1. The number of amides is 2. The third-order valence-corrected chi connectivity index (χ3v) is 4.99. The van der Waals surface area contributed by atoms with Crippen molar-refractivity contribution in [1.29, 1.82) is 0 Å². The largest absolute Gasteiger partial charge is 0.372 e. The van der Waals surface area contributed by atoms with Gasteiger partial charge in [0, 0.05) is 16.8 Å². The van der Waals surface area contributed by atoms with Crippen LogP contribution < -0.4 is 10.2 Å². The maximum Gasteiger partial charge on any atom is 0.268 e. The molecule has 0 unspecified atom stereocenters. The molecular formula is C23H19FN2O3. The Morgan fingerprint density at radius 1 is 1.07 bits per heavy atom. The average Bonchev–Trinajstić information content (AvgIpc) is 2.91. The first-order valence-electron chi connectivity index (χ1n) is 9.16. The number of aliphatic hydroxyl groups is 1. The van der Waals surface area contributed by atoms with E-state index in [4.69, 9.17) is 0 Å². The molecule has 0 spiro atoms. The van der Waals surface area contributed by atoms with Crippen LogP contribution in [0, 0.1) is 12.7 Å². The van der Waals surface area contributed by atoms with Crippen LogP contribution in [0.1, 0.15) is 16.7 Å². The van der Waals surface area contributed by atoms with Gasteiger partial charge < -0.3 is 10.4 Å². The van der Waals surface area contributed by atoms with Crippen molar-refractivity contribution in [2.75, 3.05) is 16.8 Å². The number of anilines is 2. The summed E-state index contributed by atoms with van der Waals surface area (Å²) in [6, 6.07) is 19.3. The molecule has 4 rings (SSSR count). The Labute approximate surface area is 167 Å². The van der Waals surface area contributed by atoms with E-state index >= 15 is 0 Å². The van der Waals surface area contributed by atoms with Crippen molar-refractivity contribution in [3.05, 3.63) is 95.3 Å². The molecule has 3 aromatic carbocycles. The molecule has 146 valence electrons. The van der Waals surface area contributed by atoms with E-state index in [0.717, 1.165) is 11.6 Å². The fourth-order valence-corrected chi connectivity index (χ4v) is 3.65. The Morgan fingerprint density at radius 2 is 1.83 bits per heavy atom. The minimum Gasteiger partial charge on any atom is -0.372 e. The smallest absolute Gasteiger partial charge is 0.268 e. The number of carbonyl (C=O) groups is 2. The van der Waals surface area contributed by atoms with Gasteiger partial charge in [-0.3, -0.25) is 14.5 Å². The molecule has 2 N–H and O–H groups in total. The zero-order valence-electron chi connectivity index (χ0n) is 15.7. The number of nitrogens with zero attached hydrogens (tertiary/aromatic N) is 1. The van der Waals surface area contributed by atoms with E-state index in [1.807, 2.05) is 25.1 Å². The summed E-state index contributed by atoms with van der Waals surface area (Å²) < 4.78 is 13.8. The zero-order chi connectivity index (χ0) is 20.6. The lowest BCUT2D eigenvalue weighted by Gasteiger charge is -2.23. The molecule has 0 bridgehead atoms. The number of hydrogen-bond acceptors (Lipinski definition) is 3. The first kappa shape index (κ1) is 18.8. The van der Waals surface area contributed by atoms with E-state index in [0.29, 0.717) is 16.9 Å². The summed E-state index contributed by atoms with van der Waals surface area (Å²) in [4.78, 5) is 27.0. The van der Waals surface area contributed by atoms with Gasteiger partial charge in [0.15, 0.2) is 5.60 Å². The van der Waals surface area contributed by atoms with Crippen LogP contribution >= 0.6 is 0 Å². The molecule has 0 saturated heterocycles. The topological polar surface area (TPSA) is 69.6 Å². The van der Waals surface area contributed by atoms with Crippen molar-refractivity contribution in [2.24, 2.45) is 0 Å². The Balaban J connectivity index is 1.67. The Morgan fingerprint density at radius 3 is 2.59 bits per heavy atom. The molecule has 1 aliphatic heterocycles. The van der Waals surface area contributed by atoms with Gasteiger partial charge >= 0.3 is 0 Å². The van der Waals surface area contributed by atoms with Crippen molar-refractivity contribution in [1.82, 2.24) is 0 Å². The quantitative estimate of drug-likeness (QED) is 0.718. The van der Waals surface area contributed by atoms with Crippen molar-refractivity contribution in [2.45, 2.75) is 12.5 Å². The first-order chi connectivity index (χ1) is 13.9. The molecule has 5 nitrogen and oxygen atoms in total. The van der Waals surface area contributed by atoms with Crippen molar-refractivity contribution < 1.29 is 19.1 Å². The fourth-order valence-electron chi connectivity index (χ4n) is 3.65. The summed E-state index contributed by atoms with van der Waals surface area (Å²) in [6.45, 7) is 1.64. The van der Waals surface area contributed by atoms with E-state index in [-0.39, 0.29) is 12.1 Å². The van der Waals surface area contributed by atoms with Gasteiger partial charge in [-0.05, 0) is 42.8 Å². The number of carbonyl (C=O) groups excluding carboxylic acids is 2. The number of nitrogens with one attached hydrogen (secondary N) is 1. The maximum absolute atomic E-state index is 13.8. The molecule has 1 atom stereocenters. The van der Waals surface area contributed by atoms with Gasteiger partial charge in [-0.2, -0.15) is 0 Å². The van der Waals surface area contributed by atoms with Gasteiger partial charge in [0.25, 0.3) is 5.91 Å². The highest BCUT2D eigenvalue weighted by Crippen LogP contribution is 2.44. The predicted molar refractivity (Wildman–Crippen MR) is 108 cm³/mol. The lowest BCUT2D eigenvalue weighted by atomic mass is 9.87. The van der Waals surface area contributed by atoms with Gasteiger partial charge in [-0.1, -0.05) is 42.5 Å². The lowest BCUT2D eigenvalue weighted by molar-refractivity contribution is -0.133. The van der Waals surface area contributed by atoms with E-state index in [1.54, 1.807) is 30.3 Å². The summed E-state index contributed by atoms with van der Waals surface area (Å²) in [5.74, 6) is -1.65. The minimum absolute atomic E-state index is 0.122. The highest BCUT2D eigenvalue weighted by Gasteiger charge is 2.51. The summed E-state index contributed by atoms with van der Waals surface area (Å²) in [5.41, 5.74) is 0.419. The molecule has 0 radical (unpaired) electrons. The van der Waals surface area contributed by atoms with Crippen molar-refractivity contribution in [3.8, 4) is 0 Å². The van der Waals surface area contributed by atoms with Gasteiger partial charge in [-0.25, -0.2) is 4.39 Å².